The molecule has 2 aromatic rings. The Balaban J connectivity index is 1.54. The van der Waals surface area contributed by atoms with Crippen LogP contribution in [0.4, 0.5) is 4.39 Å². The van der Waals surface area contributed by atoms with E-state index in [9.17, 15) is 9.50 Å². The average Bonchev–Trinajstić information content (AvgIpc) is 3.01. The summed E-state index contributed by atoms with van der Waals surface area (Å²) in [6, 6.07) is 7.89. The zero-order valence-corrected chi connectivity index (χ0v) is 12.3. The lowest BCUT2D eigenvalue weighted by Crippen LogP contribution is -2.45. The number of morpholine rings is 1. The topological polar surface area (TPSA) is 50.5 Å². The molecule has 0 bridgehead atoms. The van der Waals surface area contributed by atoms with Gasteiger partial charge in [0, 0.05) is 32.0 Å². The number of aliphatic hydroxyl groups is 1. The van der Waals surface area contributed by atoms with Gasteiger partial charge in [-0.1, -0.05) is 12.1 Å². The fraction of sp³-hybridized carbons (Fsp3) is 0.438. The monoisotopic (exact) mass is 305 g/mol. The molecule has 1 aliphatic rings. The van der Waals surface area contributed by atoms with E-state index in [0.29, 0.717) is 19.7 Å². The molecule has 0 amide bonds. The van der Waals surface area contributed by atoms with E-state index in [0.717, 1.165) is 18.7 Å². The number of halogens is 1. The molecule has 1 N–H and O–H groups in total. The summed E-state index contributed by atoms with van der Waals surface area (Å²) in [4.78, 5) is 2.17. The first-order chi connectivity index (χ1) is 10.7. The number of ether oxygens (including phenoxy) is 1. The molecule has 1 saturated heterocycles. The van der Waals surface area contributed by atoms with Crippen molar-refractivity contribution < 1.29 is 14.2 Å². The standard InChI is InChI=1S/C16H20FN3O2/c17-14-4-2-13(3-5-14)16(21)12-19-8-9-22-15(10-19)11-20-7-1-6-18-20/h1-7,15-16,21H,8-12H2/t15-,16+/m0/s1. The van der Waals surface area contributed by atoms with Crippen LogP contribution in [0.5, 0.6) is 0 Å². The maximum atomic E-state index is 12.9. The third kappa shape index (κ3) is 3.91. The summed E-state index contributed by atoms with van der Waals surface area (Å²) >= 11 is 0. The van der Waals surface area contributed by atoms with Crippen molar-refractivity contribution in [2.75, 3.05) is 26.2 Å². The van der Waals surface area contributed by atoms with E-state index < -0.39 is 6.10 Å². The summed E-state index contributed by atoms with van der Waals surface area (Å²) in [6.45, 7) is 3.40. The highest BCUT2D eigenvalue weighted by Gasteiger charge is 2.23. The van der Waals surface area contributed by atoms with E-state index in [1.807, 2.05) is 16.9 Å². The zero-order valence-electron chi connectivity index (χ0n) is 12.3. The molecule has 5 nitrogen and oxygen atoms in total. The molecule has 0 unspecified atom stereocenters. The maximum Gasteiger partial charge on any atom is 0.123 e. The number of hydrogen-bond donors (Lipinski definition) is 1. The zero-order chi connectivity index (χ0) is 15.4. The second-order valence-corrected chi connectivity index (χ2v) is 5.55. The Kier molecular flexibility index (Phi) is 4.82. The van der Waals surface area contributed by atoms with Crippen molar-refractivity contribution in [2.45, 2.75) is 18.8 Å². The number of benzene rings is 1. The van der Waals surface area contributed by atoms with Gasteiger partial charge in [-0.3, -0.25) is 9.58 Å². The fourth-order valence-corrected chi connectivity index (χ4v) is 2.71. The minimum Gasteiger partial charge on any atom is -0.387 e. The van der Waals surface area contributed by atoms with Gasteiger partial charge in [-0.15, -0.1) is 0 Å². The minimum atomic E-state index is -0.621. The van der Waals surface area contributed by atoms with Crippen LogP contribution < -0.4 is 0 Å². The summed E-state index contributed by atoms with van der Waals surface area (Å²) in [5.74, 6) is -0.290. The Morgan fingerprint density at radius 2 is 2.18 bits per heavy atom. The van der Waals surface area contributed by atoms with Crippen LogP contribution in [-0.4, -0.2) is 52.1 Å². The molecular weight excluding hydrogens is 285 g/mol. The Morgan fingerprint density at radius 3 is 2.91 bits per heavy atom. The second-order valence-electron chi connectivity index (χ2n) is 5.55. The molecule has 6 heteroatoms. The van der Waals surface area contributed by atoms with Crippen molar-refractivity contribution in [3.05, 3.63) is 54.1 Å². The van der Waals surface area contributed by atoms with Crippen LogP contribution in [0, 0.1) is 5.82 Å². The molecule has 3 rings (SSSR count). The summed E-state index contributed by atoms with van der Waals surface area (Å²) in [5, 5.41) is 14.5. The minimum absolute atomic E-state index is 0.0640. The molecule has 2 heterocycles. The first kappa shape index (κ1) is 15.1. The van der Waals surface area contributed by atoms with Crippen LogP contribution in [0.1, 0.15) is 11.7 Å². The van der Waals surface area contributed by atoms with Gasteiger partial charge in [-0.05, 0) is 23.8 Å². The molecule has 0 radical (unpaired) electrons. The average molecular weight is 305 g/mol. The largest absolute Gasteiger partial charge is 0.387 e. The van der Waals surface area contributed by atoms with Crippen LogP contribution in [-0.2, 0) is 11.3 Å². The summed E-state index contributed by atoms with van der Waals surface area (Å²) in [5.41, 5.74) is 0.733. The Labute approximate surface area is 128 Å². The normalized spacial score (nSPS) is 20.9. The smallest absolute Gasteiger partial charge is 0.123 e. The van der Waals surface area contributed by atoms with Crippen LogP contribution in [0.15, 0.2) is 42.7 Å². The van der Waals surface area contributed by atoms with Gasteiger partial charge in [0.2, 0.25) is 0 Å². The Morgan fingerprint density at radius 1 is 1.36 bits per heavy atom. The quantitative estimate of drug-likeness (QED) is 0.908. The molecule has 1 fully saturated rings. The fourth-order valence-electron chi connectivity index (χ4n) is 2.71. The molecule has 2 atom stereocenters. The molecule has 118 valence electrons. The molecule has 0 aliphatic carbocycles. The molecule has 1 aromatic heterocycles. The van der Waals surface area contributed by atoms with Gasteiger partial charge in [0.05, 0.1) is 25.4 Å². The highest BCUT2D eigenvalue weighted by Crippen LogP contribution is 2.17. The Bertz CT molecular complexity index is 574. The van der Waals surface area contributed by atoms with E-state index >= 15 is 0 Å². The van der Waals surface area contributed by atoms with E-state index in [4.69, 9.17) is 4.74 Å². The van der Waals surface area contributed by atoms with Gasteiger partial charge in [0.15, 0.2) is 0 Å². The number of hydrogen-bond acceptors (Lipinski definition) is 4. The third-order valence-electron chi connectivity index (χ3n) is 3.86. The maximum absolute atomic E-state index is 12.9. The highest BCUT2D eigenvalue weighted by atomic mass is 19.1. The third-order valence-corrected chi connectivity index (χ3v) is 3.86. The summed E-state index contributed by atoms with van der Waals surface area (Å²) in [7, 11) is 0. The SMILES string of the molecule is O[C@H](CN1CCO[C@H](Cn2cccn2)C1)c1ccc(F)cc1. The first-order valence-corrected chi connectivity index (χ1v) is 7.45. The Hall–Kier alpha value is -1.76. The van der Waals surface area contributed by atoms with Crippen LogP contribution in [0.2, 0.25) is 0 Å². The lowest BCUT2D eigenvalue weighted by molar-refractivity contribution is -0.0486. The van der Waals surface area contributed by atoms with Crippen molar-refractivity contribution in [2.24, 2.45) is 0 Å². The predicted molar refractivity (Wildman–Crippen MR) is 79.8 cm³/mol. The predicted octanol–water partition coefficient (Wildman–Crippen LogP) is 1.46. The van der Waals surface area contributed by atoms with Crippen molar-refractivity contribution in [3.63, 3.8) is 0 Å². The first-order valence-electron chi connectivity index (χ1n) is 7.45. The van der Waals surface area contributed by atoms with Gasteiger partial charge >= 0.3 is 0 Å². The van der Waals surface area contributed by atoms with Crippen molar-refractivity contribution in [1.82, 2.24) is 14.7 Å². The van der Waals surface area contributed by atoms with Crippen molar-refractivity contribution >= 4 is 0 Å². The lowest BCUT2D eigenvalue weighted by Gasteiger charge is -2.34. The molecular formula is C16H20FN3O2. The highest BCUT2D eigenvalue weighted by molar-refractivity contribution is 5.18. The molecule has 0 saturated carbocycles. The lowest BCUT2D eigenvalue weighted by atomic mass is 10.1. The van der Waals surface area contributed by atoms with Crippen molar-refractivity contribution in [3.8, 4) is 0 Å². The molecule has 1 aromatic carbocycles. The van der Waals surface area contributed by atoms with E-state index in [2.05, 4.69) is 10.00 Å². The van der Waals surface area contributed by atoms with E-state index in [1.165, 1.54) is 12.1 Å². The van der Waals surface area contributed by atoms with Gasteiger partial charge in [-0.25, -0.2) is 4.39 Å². The number of β-amino-alcohol motifs (C(OH)–C–C–N with tert-alkyl or cyclic N) is 1. The second kappa shape index (κ2) is 7.00. The molecule has 22 heavy (non-hydrogen) atoms. The number of rotatable bonds is 5. The van der Waals surface area contributed by atoms with E-state index in [-0.39, 0.29) is 11.9 Å². The van der Waals surface area contributed by atoms with Crippen LogP contribution >= 0.6 is 0 Å². The van der Waals surface area contributed by atoms with Gasteiger partial charge in [-0.2, -0.15) is 5.10 Å². The van der Waals surface area contributed by atoms with Gasteiger partial charge in [0.25, 0.3) is 0 Å². The molecule has 1 aliphatic heterocycles. The van der Waals surface area contributed by atoms with Gasteiger partial charge < -0.3 is 9.84 Å². The number of aromatic nitrogens is 2. The molecule has 0 spiro atoms. The van der Waals surface area contributed by atoms with E-state index in [1.54, 1.807) is 18.3 Å². The number of nitrogens with zero attached hydrogens (tertiary/aromatic N) is 3. The summed E-state index contributed by atoms with van der Waals surface area (Å²) in [6.07, 6.45) is 3.10. The van der Waals surface area contributed by atoms with Gasteiger partial charge in [0.1, 0.15) is 5.82 Å². The summed E-state index contributed by atoms with van der Waals surface area (Å²) < 4.78 is 20.5. The van der Waals surface area contributed by atoms with Crippen molar-refractivity contribution in [1.29, 1.82) is 0 Å². The number of aliphatic hydroxyl groups excluding tert-OH is 1. The van der Waals surface area contributed by atoms with Crippen LogP contribution in [0.25, 0.3) is 0 Å². The van der Waals surface area contributed by atoms with Crippen LogP contribution in [0.3, 0.4) is 0 Å².